The lowest BCUT2D eigenvalue weighted by Gasteiger charge is -2.12. The molecule has 4 rings (SSSR count). The predicted molar refractivity (Wildman–Crippen MR) is 130 cm³/mol. The van der Waals surface area contributed by atoms with Crippen LogP contribution in [0, 0.1) is 0 Å². The van der Waals surface area contributed by atoms with Gasteiger partial charge in [-0.15, -0.1) is 15.3 Å². The van der Waals surface area contributed by atoms with Crippen molar-refractivity contribution >= 4 is 17.3 Å². The monoisotopic (exact) mass is 491 g/mol. The van der Waals surface area contributed by atoms with Gasteiger partial charge in [-0.25, -0.2) is 0 Å². The van der Waals surface area contributed by atoms with Crippen molar-refractivity contribution in [3.8, 4) is 34.5 Å². The second kappa shape index (κ2) is 11.2. The maximum atomic E-state index is 12.2. The molecule has 0 aliphatic carbocycles. The van der Waals surface area contributed by atoms with Gasteiger partial charge < -0.3 is 24.3 Å². The van der Waals surface area contributed by atoms with Crippen molar-refractivity contribution in [2.75, 3.05) is 34.0 Å². The molecule has 0 aliphatic rings. The number of Topliss-reactive ketones (excluding diaryl/α,β-unsaturated/α-hetero) is 1. The molecule has 0 spiro atoms. The van der Waals surface area contributed by atoms with Gasteiger partial charge in [0.05, 0.1) is 20.8 Å². The van der Waals surface area contributed by atoms with Crippen LogP contribution in [0.5, 0.6) is 23.1 Å². The maximum absolute atomic E-state index is 12.2. The van der Waals surface area contributed by atoms with E-state index in [-0.39, 0.29) is 31.4 Å². The lowest BCUT2D eigenvalue weighted by molar-refractivity contribution is -0.123. The van der Waals surface area contributed by atoms with Gasteiger partial charge in [0.25, 0.3) is 5.91 Å². The number of aromatic nitrogens is 4. The number of carbonyl (C=O) groups is 2. The second-order valence-corrected chi connectivity index (χ2v) is 7.60. The van der Waals surface area contributed by atoms with Gasteiger partial charge in [0, 0.05) is 17.2 Å². The molecule has 4 aromatic rings. The van der Waals surface area contributed by atoms with Gasteiger partial charge in [0.15, 0.2) is 35.4 Å². The maximum Gasteiger partial charge on any atom is 0.258 e. The topological polar surface area (TPSA) is 126 Å². The Morgan fingerprint density at radius 2 is 1.72 bits per heavy atom. The van der Waals surface area contributed by atoms with Gasteiger partial charge >= 0.3 is 0 Å². The van der Waals surface area contributed by atoms with Crippen LogP contribution in [0.1, 0.15) is 17.3 Å². The molecular weight excluding hydrogens is 466 g/mol. The van der Waals surface area contributed by atoms with Crippen LogP contribution in [0.2, 0.25) is 0 Å². The Morgan fingerprint density at radius 3 is 2.44 bits per heavy atom. The lowest BCUT2D eigenvalue weighted by Crippen LogP contribution is -2.32. The number of hydrogen-bond acceptors (Lipinski definition) is 9. The smallest absolute Gasteiger partial charge is 0.258 e. The van der Waals surface area contributed by atoms with E-state index < -0.39 is 0 Å². The third-order valence-corrected chi connectivity index (χ3v) is 5.19. The molecule has 0 aliphatic heterocycles. The molecule has 2 heterocycles. The summed E-state index contributed by atoms with van der Waals surface area (Å²) in [6.07, 6.45) is 0. The molecule has 0 saturated carbocycles. The van der Waals surface area contributed by atoms with Crippen molar-refractivity contribution < 1.29 is 28.5 Å². The highest BCUT2D eigenvalue weighted by atomic mass is 16.5. The number of ketones is 1. The molecule has 0 atom stereocenters. The van der Waals surface area contributed by atoms with E-state index in [0.29, 0.717) is 34.4 Å². The van der Waals surface area contributed by atoms with Crippen molar-refractivity contribution in [3.05, 3.63) is 60.2 Å². The first-order valence-electron chi connectivity index (χ1n) is 11.1. The van der Waals surface area contributed by atoms with Crippen LogP contribution in [-0.4, -0.2) is 65.5 Å². The highest BCUT2D eigenvalue weighted by Crippen LogP contribution is 2.28. The van der Waals surface area contributed by atoms with Gasteiger partial charge in [-0.1, -0.05) is 0 Å². The van der Waals surface area contributed by atoms with E-state index in [2.05, 4.69) is 20.6 Å². The number of benzene rings is 2. The van der Waals surface area contributed by atoms with Gasteiger partial charge in [0.1, 0.15) is 12.4 Å². The Labute approximate surface area is 207 Å². The van der Waals surface area contributed by atoms with E-state index in [1.165, 1.54) is 14.0 Å². The van der Waals surface area contributed by atoms with Crippen LogP contribution in [-0.2, 0) is 4.79 Å². The van der Waals surface area contributed by atoms with E-state index in [1.54, 1.807) is 42.0 Å². The Kier molecular flexibility index (Phi) is 7.59. The highest BCUT2D eigenvalue weighted by molar-refractivity contribution is 5.94. The minimum absolute atomic E-state index is 0.0903. The summed E-state index contributed by atoms with van der Waals surface area (Å²) < 4.78 is 23.2. The van der Waals surface area contributed by atoms with E-state index in [9.17, 15) is 9.59 Å². The summed E-state index contributed by atoms with van der Waals surface area (Å²) in [6, 6.07) is 15.6. The van der Waals surface area contributed by atoms with Crippen LogP contribution in [0.15, 0.2) is 54.6 Å². The van der Waals surface area contributed by atoms with Crippen molar-refractivity contribution in [2.45, 2.75) is 6.92 Å². The summed E-state index contributed by atoms with van der Waals surface area (Å²) in [6.45, 7) is 1.69. The zero-order chi connectivity index (χ0) is 25.5. The van der Waals surface area contributed by atoms with Crippen molar-refractivity contribution in [1.82, 2.24) is 25.1 Å². The van der Waals surface area contributed by atoms with Crippen LogP contribution in [0.25, 0.3) is 17.0 Å². The number of nitrogens with zero attached hydrogens (tertiary/aromatic N) is 4. The standard InChI is InChI=1S/C25H25N5O6/c1-16(31)18-6-9-20(21(14-18)34-3)36-15-23(32)26-12-13-35-24-11-10-22-27-28-25(30(22)29-24)17-4-7-19(33-2)8-5-17/h4-11,14H,12-13,15H2,1-3H3,(H,26,32). The lowest BCUT2D eigenvalue weighted by atomic mass is 10.1. The number of methoxy groups -OCH3 is 2. The molecule has 2 aromatic heterocycles. The van der Waals surface area contributed by atoms with Gasteiger partial charge in [-0.05, 0) is 55.5 Å². The van der Waals surface area contributed by atoms with E-state index >= 15 is 0 Å². The number of rotatable bonds is 11. The first kappa shape index (κ1) is 24.5. The van der Waals surface area contributed by atoms with Crippen LogP contribution >= 0.6 is 0 Å². The molecule has 2 aromatic carbocycles. The fourth-order valence-electron chi connectivity index (χ4n) is 3.32. The molecular formula is C25H25N5O6. The molecule has 0 saturated heterocycles. The SMILES string of the molecule is COc1ccc(-c2nnc3ccc(OCCNC(=O)COc4ccc(C(C)=O)cc4OC)nn23)cc1. The molecule has 1 amide bonds. The van der Waals surface area contributed by atoms with Crippen LogP contribution in [0.4, 0.5) is 0 Å². The summed E-state index contributed by atoms with van der Waals surface area (Å²) in [5, 5.41) is 15.5. The largest absolute Gasteiger partial charge is 0.497 e. The highest BCUT2D eigenvalue weighted by Gasteiger charge is 2.12. The molecule has 0 bridgehead atoms. The minimum Gasteiger partial charge on any atom is -0.497 e. The molecule has 36 heavy (non-hydrogen) atoms. The van der Waals surface area contributed by atoms with Gasteiger partial charge in [-0.3, -0.25) is 9.59 Å². The molecule has 186 valence electrons. The van der Waals surface area contributed by atoms with Crippen molar-refractivity contribution in [3.63, 3.8) is 0 Å². The third-order valence-electron chi connectivity index (χ3n) is 5.19. The average molecular weight is 492 g/mol. The van der Waals surface area contributed by atoms with Crippen molar-refractivity contribution in [1.29, 1.82) is 0 Å². The van der Waals surface area contributed by atoms with Gasteiger partial charge in [0.2, 0.25) is 5.88 Å². The Balaban J connectivity index is 1.29. The number of nitrogens with one attached hydrogen (secondary N) is 1. The summed E-state index contributed by atoms with van der Waals surface area (Å²) in [7, 11) is 3.07. The first-order valence-corrected chi connectivity index (χ1v) is 11.1. The number of ether oxygens (including phenoxy) is 4. The zero-order valence-corrected chi connectivity index (χ0v) is 20.1. The summed E-state index contributed by atoms with van der Waals surface area (Å²) >= 11 is 0. The Bertz CT molecular complexity index is 1370. The summed E-state index contributed by atoms with van der Waals surface area (Å²) in [5.41, 5.74) is 1.90. The summed E-state index contributed by atoms with van der Waals surface area (Å²) in [5.74, 6) is 1.99. The fourth-order valence-corrected chi connectivity index (χ4v) is 3.32. The Morgan fingerprint density at radius 1 is 0.917 bits per heavy atom. The molecule has 11 nitrogen and oxygen atoms in total. The summed E-state index contributed by atoms with van der Waals surface area (Å²) in [4.78, 5) is 23.7. The zero-order valence-electron chi connectivity index (χ0n) is 20.1. The molecule has 0 radical (unpaired) electrons. The first-order chi connectivity index (χ1) is 17.5. The van der Waals surface area contributed by atoms with Crippen molar-refractivity contribution in [2.24, 2.45) is 0 Å². The fraction of sp³-hybridized carbons (Fsp3) is 0.240. The molecule has 0 unspecified atom stereocenters. The molecule has 0 fully saturated rings. The molecule has 1 N–H and O–H groups in total. The Hall–Kier alpha value is -4.67. The minimum atomic E-state index is -0.333. The molecule has 11 heteroatoms. The third kappa shape index (κ3) is 5.69. The van der Waals surface area contributed by atoms with Crippen LogP contribution in [0.3, 0.4) is 0 Å². The number of hydrogen-bond donors (Lipinski definition) is 1. The number of fused-ring (bicyclic) bond motifs is 1. The van der Waals surface area contributed by atoms with E-state index in [0.717, 1.165) is 11.3 Å². The van der Waals surface area contributed by atoms with E-state index in [4.69, 9.17) is 18.9 Å². The normalized spacial score (nSPS) is 10.6. The van der Waals surface area contributed by atoms with Gasteiger partial charge in [-0.2, -0.15) is 4.52 Å². The number of carbonyl (C=O) groups excluding carboxylic acids is 2. The average Bonchev–Trinajstić information content (AvgIpc) is 3.33. The van der Waals surface area contributed by atoms with E-state index in [1.807, 2.05) is 24.3 Å². The predicted octanol–water partition coefficient (Wildman–Crippen LogP) is 2.59. The quantitative estimate of drug-likeness (QED) is 0.249. The van der Waals surface area contributed by atoms with Crippen LogP contribution < -0.4 is 24.3 Å². The number of amides is 1. The second-order valence-electron chi connectivity index (χ2n) is 7.60.